The van der Waals surface area contributed by atoms with Gasteiger partial charge in [-0.25, -0.2) is 0 Å². The second kappa shape index (κ2) is 5.74. The van der Waals surface area contributed by atoms with Crippen molar-refractivity contribution in [2.45, 2.75) is 19.0 Å². The Hall–Kier alpha value is -1.36. The lowest BCUT2D eigenvalue weighted by molar-refractivity contribution is 0.356. The molecule has 19 heavy (non-hydrogen) atoms. The number of hydrogen-bond donors (Lipinski definition) is 2. The molecule has 0 radical (unpaired) electrons. The summed E-state index contributed by atoms with van der Waals surface area (Å²) in [6.45, 7) is 2.27. The SMILES string of the molecule is NCC(NCc1cccs1)c1ccc2c(c1)CCO2. The Morgan fingerprint density at radius 2 is 2.32 bits per heavy atom. The third kappa shape index (κ3) is 2.81. The molecule has 1 aliphatic heterocycles. The van der Waals surface area contributed by atoms with E-state index in [9.17, 15) is 0 Å². The van der Waals surface area contributed by atoms with Crippen LogP contribution in [-0.4, -0.2) is 13.2 Å². The van der Waals surface area contributed by atoms with Gasteiger partial charge in [0.1, 0.15) is 5.75 Å². The number of rotatable bonds is 5. The molecular formula is C15H18N2OS. The molecule has 0 aliphatic carbocycles. The van der Waals surface area contributed by atoms with E-state index in [1.807, 2.05) is 0 Å². The largest absolute Gasteiger partial charge is 0.493 e. The van der Waals surface area contributed by atoms with Crippen molar-refractivity contribution < 1.29 is 4.74 Å². The molecule has 0 fully saturated rings. The van der Waals surface area contributed by atoms with Crippen molar-refractivity contribution in [1.82, 2.24) is 5.32 Å². The van der Waals surface area contributed by atoms with Gasteiger partial charge in [0.25, 0.3) is 0 Å². The van der Waals surface area contributed by atoms with Gasteiger partial charge in [-0.1, -0.05) is 18.2 Å². The van der Waals surface area contributed by atoms with E-state index in [1.165, 1.54) is 16.0 Å². The van der Waals surface area contributed by atoms with E-state index in [2.05, 4.69) is 41.0 Å². The van der Waals surface area contributed by atoms with Crippen molar-refractivity contribution >= 4 is 11.3 Å². The first kappa shape index (κ1) is 12.7. The first-order valence-electron chi connectivity index (χ1n) is 6.58. The highest BCUT2D eigenvalue weighted by molar-refractivity contribution is 7.09. The predicted molar refractivity (Wildman–Crippen MR) is 78.6 cm³/mol. The molecule has 0 spiro atoms. The standard InChI is InChI=1S/C15H18N2OS/c16-9-14(17-10-13-2-1-7-19-13)11-3-4-15-12(8-11)5-6-18-15/h1-4,7-8,14,17H,5-6,9-10,16H2. The third-order valence-electron chi connectivity index (χ3n) is 3.45. The number of hydrogen-bond acceptors (Lipinski definition) is 4. The summed E-state index contributed by atoms with van der Waals surface area (Å²) in [5.74, 6) is 1.03. The summed E-state index contributed by atoms with van der Waals surface area (Å²) in [5.41, 5.74) is 8.45. The number of ether oxygens (including phenoxy) is 1. The fourth-order valence-electron chi connectivity index (χ4n) is 2.40. The zero-order valence-electron chi connectivity index (χ0n) is 10.8. The fraction of sp³-hybridized carbons (Fsp3) is 0.333. The van der Waals surface area contributed by atoms with E-state index in [1.54, 1.807) is 11.3 Å². The van der Waals surface area contributed by atoms with Crippen molar-refractivity contribution in [2.24, 2.45) is 5.73 Å². The molecule has 0 saturated heterocycles. The molecule has 3 rings (SSSR count). The summed E-state index contributed by atoms with van der Waals surface area (Å²) in [5, 5.41) is 5.62. The van der Waals surface area contributed by atoms with Crippen LogP contribution in [-0.2, 0) is 13.0 Å². The molecule has 0 saturated carbocycles. The zero-order valence-corrected chi connectivity index (χ0v) is 11.6. The molecule has 100 valence electrons. The summed E-state index contributed by atoms with van der Waals surface area (Å²) in [4.78, 5) is 1.34. The second-order valence-electron chi connectivity index (χ2n) is 4.71. The van der Waals surface area contributed by atoms with Gasteiger partial charge in [0.15, 0.2) is 0 Å². The quantitative estimate of drug-likeness (QED) is 0.880. The highest BCUT2D eigenvalue weighted by Gasteiger charge is 2.16. The third-order valence-corrected chi connectivity index (χ3v) is 4.33. The molecule has 1 aliphatic rings. The maximum absolute atomic E-state index is 5.90. The Morgan fingerprint density at radius 3 is 3.11 bits per heavy atom. The summed E-state index contributed by atoms with van der Waals surface area (Å²) < 4.78 is 5.54. The van der Waals surface area contributed by atoms with Gasteiger partial charge in [-0.15, -0.1) is 11.3 Å². The Balaban J connectivity index is 1.71. The molecular weight excluding hydrogens is 256 g/mol. The van der Waals surface area contributed by atoms with Crippen molar-refractivity contribution in [1.29, 1.82) is 0 Å². The topological polar surface area (TPSA) is 47.3 Å². The summed E-state index contributed by atoms with van der Waals surface area (Å²) >= 11 is 1.77. The van der Waals surface area contributed by atoms with Gasteiger partial charge in [-0.2, -0.15) is 0 Å². The number of nitrogens with one attached hydrogen (secondary N) is 1. The number of nitrogens with two attached hydrogens (primary N) is 1. The lowest BCUT2D eigenvalue weighted by Crippen LogP contribution is -2.27. The van der Waals surface area contributed by atoms with Crippen LogP contribution in [0.25, 0.3) is 0 Å². The van der Waals surface area contributed by atoms with Gasteiger partial charge in [0.05, 0.1) is 6.61 Å². The average Bonchev–Trinajstić information content (AvgIpc) is 3.09. The van der Waals surface area contributed by atoms with Gasteiger partial charge in [-0.3, -0.25) is 0 Å². The number of fused-ring (bicyclic) bond motifs is 1. The summed E-state index contributed by atoms with van der Waals surface area (Å²) in [7, 11) is 0. The number of thiophene rings is 1. The lowest BCUT2D eigenvalue weighted by atomic mass is 10.0. The maximum Gasteiger partial charge on any atom is 0.122 e. The smallest absolute Gasteiger partial charge is 0.122 e. The molecule has 1 aromatic carbocycles. The van der Waals surface area contributed by atoms with Crippen LogP contribution in [0.2, 0.25) is 0 Å². The second-order valence-corrected chi connectivity index (χ2v) is 5.75. The van der Waals surface area contributed by atoms with Gasteiger partial charge < -0.3 is 15.8 Å². The van der Waals surface area contributed by atoms with Crippen molar-refractivity contribution in [3.05, 3.63) is 51.7 Å². The van der Waals surface area contributed by atoms with E-state index < -0.39 is 0 Å². The van der Waals surface area contributed by atoms with Crippen molar-refractivity contribution in [3.8, 4) is 5.75 Å². The zero-order chi connectivity index (χ0) is 13.1. The summed E-state index contributed by atoms with van der Waals surface area (Å²) in [6, 6.07) is 10.8. The highest BCUT2D eigenvalue weighted by atomic mass is 32.1. The Bertz CT molecular complexity index is 539. The van der Waals surface area contributed by atoms with Crippen LogP contribution < -0.4 is 15.8 Å². The molecule has 4 heteroatoms. The molecule has 3 N–H and O–H groups in total. The summed E-state index contributed by atoms with van der Waals surface area (Å²) in [6.07, 6.45) is 1.01. The molecule has 2 heterocycles. The maximum atomic E-state index is 5.90. The monoisotopic (exact) mass is 274 g/mol. The Labute approximate surface area is 117 Å². The molecule has 1 atom stereocenters. The van der Waals surface area contributed by atoms with E-state index >= 15 is 0 Å². The Morgan fingerprint density at radius 1 is 1.37 bits per heavy atom. The van der Waals surface area contributed by atoms with Crippen LogP contribution in [0.5, 0.6) is 5.75 Å². The minimum atomic E-state index is 0.202. The lowest BCUT2D eigenvalue weighted by Gasteiger charge is -2.17. The van der Waals surface area contributed by atoms with Crippen LogP contribution in [0.1, 0.15) is 22.0 Å². The molecule has 0 amide bonds. The van der Waals surface area contributed by atoms with Crippen LogP contribution in [0, 0.1) is 0 Å². The van der Waals surface area contributed by atoms with Gasteiger partial charge in [0.2, 0.25) is 0 Å². The number of benzene rings is 1. The van der Waals surface area contributed by atoms with E-state index in [0.717, 1.165) is 25.3 Å². The van der Waals surface area contributed by atoms with Crippen LogP contribution in [0.15, 0.2) is 35.7 Å². The molecule has 1 aromatic heterocycles. The predicted octanol–water partition coefficient (Wildman–Crippen LogP) is 2.47. The average molecular weight is 274 g/mol. The Kier molecular flexibility index (Phi) is 3.82. The molecule has 0 bridgehead atoms. The molecule has 2 aromatic rings. The first-order chi connectivity index (χ1) is 9.36. The molecule has 1 unspecified atom stereocenters. The van der Waals surface area contributed by atoms with Crippen molar-refractivity contribution in [2.75, 3.05) is 13.2 Å². The normalized spacial score (nSPS) is 15.0. The highest BCUT2D eigenvalue weighted by Crippen LogP contribution is 2.28. The minimum Gasteiger partial charge on any atom is -0.493 e. The van der Waals surface area contributed by atoms with Crippen LogP contribution in [0.3, 0.4) is 0 Å². The van der Waals surface area contributed by atoms with Crippen molar-refractivity contribution in [3.63, 3.8) is 0 Å². The first-order valence-corrected chi connectivity index (χ1v) is 7.46. The van der Waals surface area contributed by atoms with Gasteiger partial charge in [0, 0.05) is 30.4 Å². The van der Waals surface area contributed by atoms with Gasteiger partial charge in [-0.05, 0) is 28.6 Å². The van der Waals surface area contributed by atoms with Gasteiger partial charge >= 0.3 is 0 Å². The van der Waals surface area contributed by atoms with Crippen LogP contribution >= 0.6 is 11.3 Å². The van der Waals surface area contributed by atoms with E-state index in [0.29, 0.717) is 6.54 Å². The minimum absolute atomic E-state index is 0.202. The fourth-order valence-corrected chi connectivity index (χ4v) is 3.05. The molecule has 3 nitrogen and oxygen atoms in total. The van der Waals surface area contributed by atoms with Crippen LogP contribution in [0.4, 0.5) is 0 Å². The van der Waals surface area contributed by atoms with E-state index in [-0.39, 0.29) is 6.04 Å². The van der Waals surface area contributed by atoms with E-state index in [4.69, 9.17) is 10.5 Å².